The summed E-state index contributed by atoms with van der Waals surface area (Å²) in [5, 5.41) is 9.76. The first kappa shape index (κ1) is 14.2. The molecule has 1 heterocycles. The first-order chi connectivity index (χ1) is 9.11. The number of hydrogen-bond donors (Lipinski definition) is 2. The molecule has 1 atom stereocenters. The van der Waals surface area contributed by atoms with Crippen LogP contribution in [0.5, 0.6) is 0 Å². The molecule has 1 saturated carbocycles. The summed E-state index contributed by atoms with van der Waals surface area (Å²) >= 11 is 1.33. The van der Waals surface area contributed by atoms with Crippen LogP contribution in [0.25, 0.3) is 0 Å². The molecule has 2 N–H and O–H groups in total. The zero-order valence-corrected chi connectivity index (χ0v) is 12.1. The largest absolute Gasteiger partial charge is 0.352 e. The standard InChI is InChI=1S/C12H20N4O2S/c1-3-4-7-16-11(18)14-15-12(16)19-8(2)10(17)13-9-5-6-9/h8-9H,3-7H2,1-2H3,(H,13,17)(H,14,18). The van der Waals surface area contributed by atoms with Gasteiger partial charge in [0.25, 0.3) is 0 Å². The number of thioether (sulfide) groups is 1. The van der Waals surface area contributed by atoms with Crippen LogP contribution in [0.3, 0.4) is 0 Å². The molecule has 19 heavy (non-hydrogen) atoms. The number of amides is 1. The molecule has 0 bridgehead atoms. The average Bonchev–Trinajstić information content (AvgIpc) is 3.13. The van der Waals surface area contributed by atoms with Crippen LogP contribution in [-0.4, -0.2) is 32.0 Å². The molecule has 1 aliphatic rings. The summed E-state index contributed by atoms with van der Waals surface area (Å²) in [4.78, 5) is 23.5. The maximum absolute atomic E-state index is 11.9. The summed E-state index contributed by atoms with van der Waals surface area (Å²) in [6.45, 7) is 4.56. The van der Waals surface area contributed by atoms with Crippen molar-refractivity contribution in [2.75, 3.05) is 0 Å². The van der Waals surface area contributed by atoms with E-state index in [1.165, 1.54) is 11.8 Å². The lowest BCUT2D eigenvalue weighted by molar-refractivity contribution is -0.120. The van der Waals surface area contributed by atoms with Gasteiger partial charge < -0.3 is 5.32 Å². The molecule has 0 spiro atoms. The van der Waals surface area contributed by atoms with Crippen LogP contribution >= 0.6 is 11.8 Å². The first-order valence-corrected chi connectivity index (χ1v) is 7.62. The third kappa shape index (κ3) is 3.86. The van der Waals surface area contributed by atoms with Crippen LogP contribution < -0.4 is 11.0 Å². The van der Waals surface area contributed by atoms with Gasteiger partial charge in [0.15, 0.2) is 5.16 Å². The minimum absolute atomic E-state index is 0.0185. The average molecular weight is 284 g/mol. The Balaban J connectivity index is 1.97. The van der Waals surface area contributed by atoms with Gasteiger partial charge in [0.2, 0.25) is 5.91 Å². The maximum Gasteiger partial charge on any atom is 0.343 e. The summed E-state index contributed by atoms with van der Waals surface area (Å²) < 4.78 is 1.61. The second-order valence-electron chi connectivity index (χ2n) is 4.86. The lowest BCUT2D eigenvalue weighted by atomic mass is 10.3. The molecule has 2 rings (SSSR count). The second-order valence-corrected chi connectivity index (χ2v) is 6.17. The number of carbonyl (C=O) groups excluding carboxylic acids is 1. The molecule has 1 fully saturated rings. The van der Waals surface area contributed by atoms with Crippen molar-refractivity contribution in [1.29, 1.82) is 0 Å². The monoisotopic (exact) mass is 284 g/mol. The summed E-state index contributed by atoms with van der Waals surface area (Å²) in [7, 11) is 0. The van der Waals surface area contributed by atoms with E-state index in [-0.39, 0.29) is 16.8 Å². The van der Waals surface area contributed by atoms with E-state index in [4.69, 9.17) is 0 Å². The normalized spacial score (nSPS) is 16.3. The number of aromatic amines is 1. The molecule has 0 aromatic carbocycles. The van der Waals surface area contributed by atoms with E-state index >= 15 is 0 Å². The molecule has 6 nitrogen and oxygen atoms in total. The van der Waals surface area contributed by atoms with Crippen LogP contribution in [0.2, 0.25) is 0 Å². The molecule has 1 aromatic heterocycles. The van der Waals surface area contributed by atoms with Crippen LogP contribution in [0.1, 0.15) is 39.5 Å². The third-order valence-electron chi connectivity index (χ3n) is 3.03. The Bertz CT molecular complexity index is 492. The zero-order valence-electron chi connectivity index (χ0n) is 11.3. The molecule has 0 radical (unpaired) electrons. The topological polar surface area (TPSA) is 79.8 Å². The van der Waals surface area contributed by atoms with Crippen LogP contribution in [0, 0.1) is 0 Å². The van der Waals surface area contributed by atoms with E-state index < -0.39 is 0 Å². The Morgan fingerprint density at radius 3 is 3.00 bits per heavy atom. The van der Waals surface area contributed by atoms with Crippen LogP contribution in [0.15, 0.2) is 9.95 Å². The van der Waals surface area contributed by atoms with Gasteiger partial charge in [-0.15, -0.1) is 5.10 Å². The van der Waals surface area contributed by atoms with Crippen molar-refractivity contribution in [2.45, 2.75) is 62.5 Å². The number of H-pyrrole nitrogens is 1. The molecule has 1 unspecified atom stereocenters. The van der Waals surface area contributed by atoms with Gasteiger partial charge in [-0.25, -0.2) is 9.89 Å². The number of unbranched alkanes of at least 4 members (excludes halogenated alkanes) is 1. The summed E-state index contributed by atoms with van der Waals surface area (Å²) in [5.41, 5.74) is -0.203. The molecule has 0 aliphatic heterocycles. The van der Waals surface area contributed by atoms with E-state index in [1.54, 1.807) is 4.57 Å². The fraction of sp³-hybridized carbons (Fsp3) is 0.750. The van der Waals surface area contributed by atoms with Crippen molar-refractivity contribution in [3.63, 3.8) is 0 Å². The van der Waals surface area contributed by atoms with Crippen molar-refractivity contribution in [2.24, 2.45) is 0 Å². The SMILES string of the molecule is CCCCn1c(SC(C)C(=O)NC2CC2)n[nH]c1=O. The van der Waals surface area contributed by atoms with Gasteiger partial charge in [0, 0.05) is 12.6 Å². The number of hydrogen-bond acceptors (Lipinski definition) is 4. The van der Waals surface area contributed by atoms with Crippen molar-refractivity contribution in [3.05, 3.63) is 10.5 Å². The second kappa shape index (κ2) is 6.27. The third-order valence-corrected chi connectivity index (χ3v) is 4.12. The smallest absolute Gasteiger partial charge is 0.343 e. The highest BCUT2D eigenvalue weighted by molar-refractivity contribution is 8.00. The molecule has 1 aliphatic carbocycles. The van der Waals surface area contributed by atoms with E-state index in [2.05, 4.69) is 22.4 Å². The van der Waals surface area contributed by atoms with Crippen molar-refractivity contribution < 1.29 is 4.79 Å². The van der Waals surface area contributed by atoms with E-state index in [0.29, 0.717) is 17.7 Å². The molecule has 1 amide bonds. The Morgan fingerprint density at radius 2 is 2.37 bits per heavy atom. The van der Waals surface area contributed by atoms with Gasteiger partial charge in [-0.3, -0.25) is 9.36 Å². The predicted octanol–water partition coefficient (Wildman–Crippen LogP) is 1.13. The van der Waals surface area contributed by atoms with Crippen molar-refractivity contribution in [3.8, 4) is 0 Å². The van der Waals surface area contributed by atoms with Crippen LogP contribution in [-0.2, 0) is 11.3 Å². The summed E-state index contributed by atoms with van der Waals surface area (Å²) in [6.07, 6.45) is 4.09. The van der Waals surface area contributed by atoms with Crippen LogP contribution in [0.4, 0.5) is 0 Å². The van der Waals surface area contributed by atoms with E-state index in [9.17, 15) is 9.59 Å². The molecule has 0 saturated heterocycles. The number of rotatable bonds is 7. The first-order valence-electron chi connectivity index (χ1n) is 6.74. The highest BCUT2D eigenvalue weighted by Crippen LogP contribution is 2.23. The molecule has 7 heteroatoms. The number of nitrogens with one attached hydrogen (secondary N) is 2. The number of carbonyl (C=O) groups is 1. The maximum atomic E-state index is 11.9. The quantitative estimate of drug-likeness (QED) is 0.736. The van der Waals surface area contributed by atoms with Gasteiger partial charge >= 0.3 is 5.69 Å². The lowest BCUT2D eigenvalue weighted by Crippen LogP contribution is -2.32. The highest BCUT2D eigenvalue weighted by Gasteiger charge is 2.26. The summed E-state index contributed by atoms with van der Waals surface area (Å²) in [5.74, 6) is 0.0185. The van der Waals surface area contributed by atoms with Gasteiger partial charge in [0.05, 0.1) is 5.25 Å². The minimum Gasteiger partial charge on any atom is -0.352 e. The molecular formula is C12H20N4O2S. The number of nitrogens with zero attached hydrogens (tertiary/aromatic N) is 2. The van der Waals surface area contributed by atoms with Gasteiger partial charge in [-0.05, 0) is 26.2 Å². The van der Waals surface area contributed by atoms with Gasteiger partial charge in [-0.2, -0.15) is 0 Å². The Hall–Kier alpha value is -1.24. The minimum atomic E-state index is -0.240. The predicted molar refractivity (Wildman–Crippen MR) is 74.2 cm³/mol. The zero-order chi connectivity index (χ0) is 13.8. The Morgan fingerprint density at radius 1 is 1.63 bits per heavy atom. The van der Waals surface area contributed by atoms with E-state index in [0.717, 1.165) is 25.7 Å². The van der Waals surface area contributed by atoms with Gasteiger partial charge in [0.1, 0.15) is 0 Å². The highest BCUT2D eigenvalue weighted by atomic mass is 32.2. The fourth-order valence-electron chi connectivity index (χ4n) is 1.66. The Kier molecular flexibility index (Phi) is 4.68. The molecule has 106 valence electrons. The molecule has 1 aromatic rings. The molecular weight excluding hydrogens is 264 g/mol. The van der Waals surface area contributed by atoms with Gasteiger partial charge in [-0.1, -0.05) is 25.1 Å². The Labute approximate surface area is 116 Å². The van der Waals surface area contributed by atoms with Crippen molar-refractivity contribution >= 4 is 17.7 Å². The van der Waals surface area contributed by atoms with E-state index in [1.807, 2.05) is 6.92 Å². The fourth-order valence-corrected chi connectivity index (χ4v) is 2.56. The lowest BCUT2D eigenvalue weighted by Gasteiger charge is -2.11. The summed E-state index contributed by atoms with van der Waals surface area (Å²) in [6, 6.07) is 0.358. The van der Waals surface area contributed by atoms with Crippen molar-refractivity contribution in [1.82, 2.24) is 20.1 Å². The number of aromatic nitrogens is 3.